The largest absolute Gasteiger partial charge is 0.277 e. The van der Waals surface area contributed by atoms with E-state index in [9.17, 15) is 0 Å². The molecule has 0 saturated heterocycles. The van der Waals surface area contributed by atoms with E-state index in [1.165, 1.54) is 0 Å². The Hall–Kier alpha value is -1.50. The molecule has 1 aromatic heterocycles. The number of nitrogens with one attached hydrogen (secondary N) is 1. The van der Waals surface area contributed by atoms with Crippen LogP contribution in [-0.4, -0.2) is 9.78 Å². The molecule has 1 N–H and O–H groups in total. The van der Waals surface area contributed by atoms with Crippen LogP contribution in [0.3, 0.4) is 0 Å². The van der Waals surface area contributed by atoms with Crippen LogP contribution in [0.25, 0.3) is 0 Å². The van der Waals surface area contributed by atoms with Gasteiger partial charge in [-0.05, 0) is 6.92 Å². The lowest BCUT2D eigenvalue weighted by molar-refractivity contribution is 0.765. The Bertz CT molecular complexity index is 268. The van der Waals surface area contributed by atoms with Gasteiger partial charge in [0.25, 0.3) is 0 Å². The lowest BCUT2D eigenvalue weighted by atomic mass is 10.5. The van der Waals surface area contributed by atoms with Crippen molar-refractivity contribution in [2.45, 2.75) is 6.92 Å². The lowest BCUT2D eigenvalue weighted by Gasteiger charge is -1.93. The molecule has 10 heavy (non-hydrogen) atoms. The first-order valence-corrected chi connectivity index (χ1v) is 2.90. The fourth-order valence-electron chi connectivity index (χ4n) is 0.785. The van der Waals surface area contributed by atoms with Crippen molar-refractivity contribution in [2.75, 3.05) is 5.32 Å². The highest BCUT2D eigenvalue weighted by atomic mass is 15.3. The number of anilines is 1. The van der Waals surface area contributed by atoms with Gasteiger partial charge in [0.15, 0.2) is 6.19 Å². The summed E-state index contributed by atoms with van der Waals surface area (Å²) in [5, 5.41) is 14.8. The van der Waals surface area contributed by atoms with Gasteiger partial charge in [0.1, 0.15) is 5.82 Å². The summed E-state index contributed by atoms with van der Waals surface area (Å²) in [7, 11) is 1.78. The van der Waals surface area contributed by atoms with Gasteiger partial charge >= 0.3 is 0 Å². The van der Waals surface area contributed by atoms with E-state index in [1.54, 1.807) is 11.7 Å². The molecule has 0 aliphatic heterocycles. The van der Waals surface area contributed by atoms with E-state index >= 15 is 0 Å². The van der Waals surface area contributed by atoms with Crippen LogP contribution >= 0.6 is 0 Å². The average molecular weight is 136 g/mol. The van der Waals surface area contributed by atoms with Crippen molar-refractivity contribution in [3.05, 3.63) is 11.8 Å². The lowest BCUT2D eigenvalue weighted by Crippen LogP contribution is -1.97. The number of aryl methyl sites for hydroxylation is 2. The molecule has 0 amide bonds. The minimum absolute atomic E-state index is 0.722. The summed E-state index contributed by atoms with van der Waals surface area (Å²) < 4.78 is 1.62. The predicted octanol–water partition coefficient (Wildman–Crippen LogP) is 0.621. The molecular formula is C6H8N4. The molecule has 4 nitrogen and oxygen atoms in total. The van der Waals surface area contributed by atoms with E-state index in [-0.39, 0.29) is 0 Å². The zero-order valence-corrected chi connectivity index (χ0v) is 5.92. The van der Waals surface area contributed by atoms with Crippen LogP contribution in [0.1, 0.15) is 5.69 Å². The van der Waals surface area contributed by atoms with Gasteiger partial charge in [-0.1, -0.05) is 0 Å². The normalized spacial score (nSPS) is 8.90. The highest BCUT2D eigenvalue weighted by Gasteiger charge is 1.97. The second kappa shape index (κ2) is 2.40. The predicted molar refractivity (Wildman–Crippen MR) is 37.2 cm³/mol. The SMILES string of the molecule is Cc1cc(NC#N)n(C)n1. The zero-order chi connectivity index (χ0) is 7.56. The van der Waals surface area contributed by atoms with Crippen LogP contribution in [0.4, 0.5) is 5.82 Å². The van der Waals surface area contributed by atoms with E-state index in [1.807, 2.05) is 19.2 Å². The smallest absolute Gasteiger partial charge is 0.182 e. The first kappa shape index (κ1) is 6.62. The van der Waals surface area contributed by atoms with Gasteiger partial charge < -0.3 is 0 Å². The van der Waals surface area contributed by atoms with Gasteiger partial charge in [-0.3, -0.25) is 10.00 Å². The Kier molecular flexibility index (Phi) is 1.59. The fraction of sp³-hybridized carbons (Fsp3) is 0.333. The second-order valence-corrected chi connectivity index (χ2v) is 2.03. The number of rotatable bonds is 1. The maximum atomic E-state index is 8.25. The summed E-state index contributed by atoms with van der Waals surface area (Å²) in [5.74, 6) is 0.722. The Morgan fingerprint density at radius 1 is 1.80 bits per heavy atom. The molecule has 1 heterocycles. The van der Waals surface area contributed by atoms with E-state index in [0.29, 0.717) is 0 Å². The summed E-state index contributed by atoms with van der Waals surface area (Å²) in [6.45, 7) is 1.88. The summed E-state index contributed by atoms with van der Waals surface area (Å²) >= 11 is 0. The highest BCUT2D eigenvalue weighted by Crippen LogP contribution is 2.05. The summed E-state index contributed by atoms with van der Waals surface area (Å²) in [6.07, 6.45) is 1.83. The summed E-state index contributed by atoms with van der Waals surface area (Å²) in [6, 6.07) is 1.81. The third-order valence-electron chi connectivity index (χ3n) is 1.19. The molecule has 1 rings (SSSR count). The van der Waals surface area contributed by atoms with E-state index in [2.05, 4.69) is 10.4 Å². The molecule has 52 valence electrons. The molecule has 0 aliphatic carbocycles. The molecule has 0 aromatic carbocycles. The first-order valence-electron chi connectivity index (χ1n) is 2.90. The molecule has 0 spiro atoms. The molecule has 1 aromatic rings. The summed E-state index contributed by atoms with van der Waals surface area (Å²) in [4.78, 5) is 0. The van der Waals surface area contributed by atoms with Crippen molar-refractivity contribution < 1.29 is 0 Å². The fourth-order valence-corrected chi connectivity index (χ4v) is 0.785. The monoisotopic (exact) mass is 136 g/mol. The minimum Gasteiger partial charge on any atom is -0.277 e. The van der Waals surface area contributed by atoms with Crippen LogP contribution in [-0.2, 0) is 7.05 Å². The van der Waals surface area contributed by atoms with Gasteiger partial charge in [-0.2, -0.15) is 10.4 Å². The molecule has 4 heteroatoms. The topological polar surface area (TPSA) is 53.6 Å². The van der Waals surface area contributed by atoms with Gasteiger partial charge in [0.05, 0.1) is 5.69 Å². The number of hydrogen-bond donors (Lipinski definition) is 1. The molecule has 0 unspecified atom stereocenters. The third-order valence-corrected chi connectivity index (χ3v) is 1.19. The van der Waals surface area contributed by atoms with Crippen LogP contribution < -0.4 is 5.32 Å². The van der Waals surface area contributed by atoms with Crippen LogP contribution in [0, 0.1) is 18.4 Å². The van der Waals surface area contributed by atoms with Gasteiger partial charge in [0.2, 0.25) is 0 Å². The maximum Gasteiger partial charge on any atom is 0.182 e. The Morgan fingerprint density at radius 2 is 2.50 bits per heavy atom. The van der Waals surface area contributed by atoms with E-state index in [4.69, 9.17) is 5.26 Å². The molecule has 0 saturated carbocycles. The second-order valence-electron chi connectivity index (χ2n) is 2.03. The minimum atomic E-state index is 0.722. The van der Waals surface area contributed by atoms with E-state index < -0.39 is 0 Å². The number of hydrogen-bond acceptors (Lipinski definition) is 3. The standard InChI is InChI=1S/C6H8N4/c1-5-3-6(8-4-7)10(2)9-5/h3,8H,1-2H3. The van der Waals surface area contributed by atoms with Gasteiger partial charge in [0, 0.05) is 13.1 Å². The number of nitrogens with zero attached hydrogens (tertiary/aromatic N) is 3. The highest BCUT2D eigenvalue weighted by molar-refractivity contribution is 5.40. The van der Waals surface area contributed by atoms with Gasteiger partial charge in [-0.25, -0.2) is 0 Å². The Morgan fingerprint density at radius 3 is 2.90 bits per heavy atom. The van der Waals surface area contributed by atoms with E-state index in [0.717, 1.165) is 11.5 Å². The summed E-state index contributed by atoms with van der Waals surface area (Å²) in [5.41, 5.74) is 0.903. The van der Waals surface area contributed by atoms with Crippen molar-refractivity contribution in [3.8, 4) is 6.19 Å². The van der Waals surface area contributed by atoms with Crippen LogP contribution in [0.5, 0.6) is 0 Å². The average Bonchev–Trinajstić information content (AvgIpc) is 2.13. The molecule has 0 bridgehead atoms. The van der Waals surface area contributed by atoms with Gasteiger partial charge in [-0.15, -0.1) is 0 Å². The van der Waals surface area contributed by atoms with Crippen molar-refractivity contribution in [1.29, 1.82) is 5.26 Å². The van der Waals surface area contributed by atoms with Crippen molar-refractivity contribution in [3.63, 3.8) is 0 Å². The quantitative estimate of drug-likeness (QED) is 0.455. The number of aromatic nitrogens is 2. The third kappa shape index (κ3) is 1.08. The molecule has 0 fully saturated rings. The van der Waals surface area contributed by atoms with Crippen LogP contribution in [0.15, 0.2) is 6.07 Å². The van der Waals surface area contributed by atoms with Crippen molar-refractivity contribution in [1.82, 2.24) is 9.78 Å². The molecule has 0 radical (unpaired) electrons. The molecule has 0 atom stereocenters. The molecular weight excluding hydrogens is 128 g/mol. The number of nitriles is 1. The van der Waals surface area contributed by atoms with Crippen molar-refractivity contribution in [2.24, 2.45) is 7.05 Å². The van der Waals surface area contributed by atoms with Crippen molar-refractivity contribution >= 4 is 5.82 Å². The zero-order valence-electron chi connectivity index (χ0n) is 5.92. The Labute approximate surface area is 59.1 Å². The van der Waals surface area contributed by atoms with Crippen LogP contribution in [0.2, 0.25) is 0 Å². The molecule has 0 aliphatic rings. The first-order chi connectivity index (χ1) is 4.74. The Balaban J connectivity index is 2.94. The maximum absolute atomic E-state index is 8.25.